The average molecular weight is 373 g/mol. The lowest BCUT2D eigenvalue weighted by atomic mass is 10.3. The van der Waals surface area contributed by atoms with E-state index in [1.165, 1.54) is 11.3 Å². The van der Waals surface area contributed by atoms with E-state index in [2.05, 4.69) is 22.6 Å². The van der Waals surface area contributed by atoms with Crippen LogP contribution in [0.25, 0.3) is 6.08 Å². The maximum atomic E-state index is 11.8. The molecule has 2 rings (SSSR count). The Balaban J connectivity index is 2.08. The van der Waals surface area contributed by atoms with Gasteiger partial charge >= 0.3 is 0 Å². The lowest BCUT2D eigenvalue weighted by Gasteiger charge is -2.05. The molecule has 2 aromatic rings. The summed E-state index contributed by atoms with van der Waals surface area (Å²) in [5.74, 6) is 1.46. The predicted octanol–water partition coefficient (Wildman–Crippen LogP) is 3.91. The molecule has 0 atom stereocenters. The number of thiophene rings is 1. The monoisotopic (exact) mass is 373 g/mol. The maximum Gasteiger partial charge on any atom is 0.195 e. The lowest BCUT2D eigenvalue weighted by Crippen LogP contribution is -2.06. The van der Waals surface area contributed by atoms with Crippen molar-refractivity contribution in [1.29, 1.82) is 0 Å². The number of nitrogens with zero attached hydrogens (tertiary/aromatic N) is 1. The number of halogens is 1. The molecule has 0 N–H and O–H groups in total. The number of rotatable bonds is 4. The third-order valence-corrected chi connectivity index (χ3v) is 4.18. The summed E-state index contributed by atoms with van der Waals surface area (Å²) in [4.78, 5) is 14.5. The van der Waals surface area contributed by atoms with Crippen LogP contribution in [0.2, 0.25) is 0 Å². The van der Waals surface area contributed by atoms with Gasteiger partial charge in [0.15, 0.2) is 11.7 Å². The zero-order valence-electron chi connectivity index (χ0n) is 10.0. The van der Waals surface area contributed by atoms with Gasteiger partial charge in [-0.1, -0.05) is 0 Å². The van der Waals surface area contributed by atoms with Crippen LogP contribution in [-0.2, 0) is 0 Å². The lowest BCUT2D eigenvalue weighted by molar-refractivity contribution is 0.105. The Labute approximate surface area is 123 Å². The number of hydrogen-bond acceptors (Lipinski definition) is 4. The molecule has 0 fully saturated rings. The summed E-state index contributed by atoms with van der Waals surface area (Å²) in [6.45, 7) is 0. The molecule has 0 saturated heterocycles. The molecule has 0 radical (unpaired) electrons. The van der Waals surface area contributed by atoms with Crippen LogP contribution >= 0.6 is 33.9 Å². The van der Waals surface area contributed by atoms with E-state index >= 15 is 0 Å². The molecule has 2 heterocycles. The van der Waals surface area contributed by atoms with Gasteiger partial charge in [0.2, 0.25) is 0 Å². The second-order valence-electron chi connectivity index (χ2n) is 3.87. The second-order valence-corrected chi connectivity index (χ2v) is 6.85. The highest BCUT2D eigenvalue weighted by Crippen LogP contribution is 2.20. The highest BCUT2D eigenvalue weighted by atomic mass is 127. The quantitative estimate of drug-likeness (QED) is 0.463. The van der Waals surface area contributed by atoms with E-state index in [0.29, 0.717) is 5.76 Å². The summed E-state index contributed by atoms with van der Waals surface area (Å²) in [6, 6.07) is 7.49. The molecule has 0 saturated carbocycles. The topological polar surface area (TPSA) is 33.5 Å². The molecule has 94 valence electrons. The Morgan fingerprint density at radius 1 is 1.33 bits per heavy atom. The van der Waals surface area contributed by atoms with E-state index in [-0.39, 0.29) is 5.78 Å². The number of furan rings is 1. The molecule has 2 aromatic heterocycles. The van der Waals surface area contributed by atoms with E-state index in [0.717, 1.165) is 13.6 Å². The molecule has 0 aromatic carbocycles. The number of hydrogen-bond donors (Lipinski definition) is 0. The Bertz CT molecular complexity index is 583. The van der Waals surface area contributed by atoms with Crippen molar-refractivity contribution in [3.05, 3.63) is 43.9 Å². The minimum Gasteiger partial charge on any atom is -0.441 e. The fourth-order valence-electron chi connectivity index (χ4n) is 1.36. The Morgan fingerprint density at radius 3 is 2.67 bits per heavy atom. The number of anilines is 1. The fraction of sp³-hybridized carbons (Fsp3) is 0.154. The number of allylic oxidation sites excluding steroid dienone is 1. The van der Waals surface area contributed by atoms with Gasteiger partial charge in [0.1, 0.15) is 5.76 Å². The van der Waals surface area contributed by atoms with Crippen molar-refractivity contribution in [2.75, 3.05) is 19.0 Å². The van der Waals surface area contributed by atoms with Gasteiger partial charge in [0.05, 0.1) is 7.76 Å². The molecule has 3 nitrogen and oxygen atoms in total. The molecular formula is C13H12INO2S. The van der Waals surface area contributed by atoms with Crippen LogP contribution in [-0.4, -0.2) is 19.9 Å². The zero-order valence-corrected chi connectivity index (χ0v) is 13.0. The van der Waals surface area contributed by atoms with Gasteiger partial charge in [-0.25, -0.2) is 0 Å². The Kier molecular flexibility index (Phi) is 4.23. The molecule has 0 spiro atoms. The molecule has 0 unspecified atom stereocenters. The van der Waals surface area contributed by atoms with Crippen LogP contribution < -0.4 is 4.90 Å². The largest absolute Gasteiger partial charge is 0.441 e. The van der Waals surface area contributed by atoms with E-state index in [1.54, 1.807) is 12.2 Å². The minimum atomic E-state index is 0.00530. The van der Waals surface area contributed by atoms with Crippen LogP contribution in [0.4, 0.5) is 5.88 Å². The molecule has 0 aliphatic heterocycles. The van der Waals surface area contributed by atoms with E-state index in [4.69, 9.17) is 4.42 Å². The SMILES string of the molecule is CN(C)c1ccc(C=CC(=O)c2ccc(I)s2)o1. The van der Waals surface area contributed by atoms with Crippen molar-refractivity contribution < 1.29 is 9.21 Å². The number of ketones is 1. The standard InChI is InChI=1S/C13H12INO2S/c1-15(2)13-8-4-9(17-13)3-5-10(16)11-6-7-12(14)18-11/h3-8H,1-2H3. The van der Waals surface area contributed by atoms with Crippen LogP contribution in [0, 0.1) is 2.88 Å². The van der Waals surface area contributed by atoms with Gasteiger partial charge in [-0.3, -0.25) is 4.79 Å². The van der Waals surface area contributed by atoms with Crippen LogP contribution in [0.1, 0.15) is 15.4 Å². The van der Waals surface area contributed by atoms with E-state index in [9.17, 15) is 4.79 Å². The fourth-order valence-corrected chi connectivity index (χ4v) is 2.90. The summed E-state index contributed by atoms with van der Waals surface area (Å²) in [5.41, 5.74) is 0. The smallest absolute Gasteiger partial charge is 0.195 e. The first kappa shape index (κ1) is 13.4. The van der Waals surface area contributed by atoms with E-state index < -0.39 is 0 Å². The third-order valence-electron chi connectivity index (χ3n) is 2.27. The zero-order chi connectivity index (χ0) is 13.1. The summed E-state index contributed by atoms with van der Waals surface area (Å²) >= 11 is 3.69. The van der Waals surface area contributed by atoms with Crippen molar-refractivity contribution >= 4 is 51.7 Å². The van der Waals surface area contributed by atoms with Crippen molar-refractivity contribution in [3.63, 3.8) is 0 Å². The summed E-state index contributed by atoms with van der Waals surface area (Å²) in [5, 5.41) is 0. The molecule has 18 heavy (non-hydrogen) atoms. The second kappa shape index (κ2) is 5.71. The normalized spacial score (nSPS) is 11.1. The van der Waals surface area contributed by atoms with Gasteiger partial charge in [-0.2, -0.15) is 0 Å². The molecule has 0 aliphatic rings. The van der Waals surface area contributed by atoms with Crippen molar-refractivity contribution in [1.82, 2.24) is 0 Å². The van der Waals surface area contributed by atoms with E-state index in [1.807, 2.05) is 43.3 Å². The Hall–Kier alpha value is -1.08. The molecule has 0 aliphatic carbocycles. The predicted molar refractivity (Wildman–Crippen MR) is 83.4 cm³/mol. The third kappa shape index (κ3) is 3.23. The first-order valence-corrected chi connectivity index (χ1v) is 7.20. The molecular weight excluding hydrogens is 361 g/mol. The van der Waals surface area contributed by atoms with Crippen LogP contribution in [0.5, 0.6) is 0 Å². The molecule has 0 bridgehead atoms. The van der Waals surface area contributed by atoms with Crippen molar-refractivity contribution in [2.24, 2.45) is 0 Å². The van der Waals surface area contributed by atoms with Crippen molar-refractivity contribution in [3.8, 4) is 0 Å². The Morgan fingerprint density at radius 2 is 2.11 bits per heavy atom. The van der Waals surface area contributed by atoms with Crippen LogP contribution in [0.3, 0.4) is 0 Å². The van der Waals surface area contributed by atoms with Gasteiger partial charge in [0, 0.05) is 20.2 Å². The van der Waals surface area contributed by atoms with Crippen molar-refractivity contribution in [2.45, 2.75) is 0 Å². The van der Waals surface area contributed by atoms with Gasteiger partial charge in [0.25, 0.3) is 0 Å². The number of carbonyl (C=O) groups is 1. The average Bonchev–Trinajstić information content (AvgIpc) is 2.94. The molecule has 5 heteroatoms. The highest BCUT2D eigenvalue weighted by Gasteiger charge is 2.06. The van der Waals surface area contributed by atoms with Gasteiger partial charge in [-0.05, 0) is 52.9 Å². The summed E-state index contributed by atoms with van der Waals surface area (Å²) in [6.07, 6.45) is 3.24. The molecule has 0 amide bonds. The van der Waals surface area contributed by atoms with Gasteiger partial charge < -0.3 is 9.32 Å². The summed E-state index contributed by atoms with van der Waals surface area (Å²) < 4.78 is 6.63. The first-order valence-electron chi connectivity index (χ1n) is 5.31. The summed E-state index contributed by atoms with van der Waals surface area (Å²) in [7, 11) is 3.82. The minimum absolute atomic E-state index is 0.00530. The highest BCUT2D eigenvalue weighted by molar-refractivity contribution is 14.1. The maximum absolute atomic E-state index is 11.8. The number of carbonyl (C=O) groups excluding carboxylic acids is 1. The van der Waals surface area contributed by atoms with Gasteiger partial charge in [-0.15, -0.1) is 11.3 Å². The first-order chi connectivity index (χ1) is 8.56. The van der Waals surface area contributed by atoms with Crippen LogP contribution in [0.15, 0.2) is 34.8 Å².